The molecule has 1 heterocycles. The van der Waals surface area contributed by atoms with E-state index in [-0.39, 0.29) is 29.3 Å². The van der Waals surface area contributed by atoms with Crippen LogP contribution in [0.4, 0.5) is 5.69 Å². The van der Waals surface area contributed by atoms with E-state index in [1.54, 1.807) is 29.2 Å². The maximum Gasteiger partial charge on any atom is 0.261 e. The summed E-state index contributed by atoms with van der Waals surface area (Å²) < 4.78 is 27.7. The number of carbonyl (C=O) groups is 1. The lowest BCUT2D eigenvalue weighted by Gasteiger charge is -2.16. The van der Waals surface area contributed by atoms with E-state index in [1.807, 2.05) is 19.9 Å². The zero-order valence-corrected chi connectivity index (χ0v) is 16.9. The zero-order valence-electron chi connectivity index (χ0n) is 15.3. The molecule has 2 aromatic carbocycles. The number of likely N-dealkylation sites (tertiary alicyclic amines) is 1. The van der Waals surface area contributed by atoms with Crippen molar-refractivity contribution in [3.05, 3.63) is 59.2 Å². The van der Waals surface area contributed by atoms with Crippen molar-refractivity contribution in [2.24, 2.45) is 5.73 Å². The zero-order chi connectivity index (χ0) is 18.9. The minimum absolute atomic E-state index is 0. The van der Waals surface area contributed by atoms with Crippen LogP contribution in [0.5, 0.6) is 0 Å². The third-order valence-corrected chi connectivity index (χ3v) is 6.08. The fraction of sp³-hybridized carbons (Fsp3) is 0.316. The van der Waals surface area contributed by atoms with Gasteiger partial charge in [-0.25, -0.2) is 8.42 Å². The van der Waals surface area contributed by atoms with Gasteiger partial charge in [-0.15, -0.1) is 12.4 Å². The Morgan fingerprint density at radius 3 is 2.33 bits per heavy atom. The highest BCUT2D eigenvalue weighted by molar-refractivity contribution is 7.92. The summed E-state index contributed by atoms with van der Waals surface area (Å²) in [6, 6.07) is 11.4. The summed E-state index contributed by atoms with van der Waals surface area (Å²) in [7, 11) is -3.71. The van der Waals surface area contributed by atoms with Crippen LogP contribution in [-0.2, 0) is 10.0 Å². The van der Waals surface area contributed by atoms with Gasteiger partial charge in [0.1, 0.15) is 0 Å². The second-order valence-corrected chi connectivity index (χ2v) is 8.41. The Morgan fingerprint density at radius 2 is 1.78 bits per heavy atom. The average Bonchev–Trinajstić information content (AvgIpc) is 3.04. The standard InChI is InChI=1S/C19H23N3O3S.ClH/c1-13-3-6-17(11-14(13)2)21-26(24,25)18-7-4-15(5-8-18)19(23)22-10-9-16(20)12-22;/h3-8,11,16,21H,9-10,12,20H2,1-2H3;1H/t16-;/m1./s1. The average molecular weight is 410 g/mol. The first-order valence-electron chi connectivity index (χ1n) is 8.51. The number of benzene rings is 2. The molecule has 0 aliphatic carbocycles. The number of carbonyl (C=O) groups excluding carboxylic acids is 1. The van der Waals surface area contributed by atoms with Gasteiger partial charge in [-0.05, 0) is 67.8 Å². The Morgan fingerprint density at radius 1 is 1.11 bits per heavy atom. The summed E-state index contributed by atoms with van der Waals surface area (Å²) in [6.45, 7) is 5.07. The van der Waals surface area contributed by atoms with Gasteiger partial charge in [0.25, 0.3) is 15.9 Å². The number of rotatable bonds is 4. The van der Waals surface area contributed by atoms with Crippen molar-refractivity contribution in [3.8, 4) is 0 Å². The number of sulfonamides is 1. The fourth-order valence-electron chi connectivity index (χ4n) is 2.95. The highest BCUT2D eigenvalue weighted by atomic mass is 35.5. The predicted octanol–water partition coefficient (Wildman–Crippen LogP) is 2.70. The minimum atomic E-state index is -3.71. The van der Waals surface area contributed by atoms with E-state index in [2.05, 4.69) is 4.72 Å². The molecule has 3 rings (SSSR count). The third kappa shape index (κ3) is 4.80. The number of halogens is 1. The molecule has 1 aliphatic rings. The van der Waals surface area contributed by atoms with Crippen LogP contribution in [0.3, 0.4) is 0 Å². The van der Waals surface area contributed by atoms with Gasteiger partial charge in [-0.2, -0.15) is 0 Å². The number of nitrogens with two attached hydrogens (primary N) is 1. The quantitative estimate of drug-likeness (QED) is 0.811. The Balaban J connectivity index is 0.00000261. The van der Waals surface area contributed by atoms with E-state index < -0.39 is 10.0 Å². The van der Waals surface area contributed by atoms with Crippen LogP contribution in [-0.4, -0.2) is 38.4 Å². The molecule has 0 unspecified atom stereocenters. The maximum absolute atomic E-state index is 12.6. The molecule has 1 atom stereocenters. The molecule has 0 aromatic heterocycles. The van der Waals surface area contributed by atoms with E-state index in [1.165, 1.54) is 12.1 Å². The fourth-order valence-corrected chi connectivity index (χ4v) is 4.00. The molecule has 8 heteroatoms. The Kier molecular flexibility index (Phi) is 6.51. The maximum atomic E-state index is 12.6. The van der Waals surface area contributed by atoms with Gasteiger partial charge >= 0.3 is 0 Å². The van der Waals surface area contributed by atoms with Crippen LogP contribution in [0.15, 0.2) is 47.4 Å². The molecule has 1 saturated heterocycles. The molecule has 0 spiro atoms. The number of aryl methyl sites for hydroxylation is 2. The van der Waals surface area contributed by atoms with Gasteiger partial charge in [0, 0.05) is 30.4 Å². The first-order valence-corrected chi connectivity index (χ1v) is 9.99. The molecule has 1 fully saturated rings. The van der Waals surface area contributed by atoms with Crippen molar-refractivity contribution in [2.75, 3.05) is 17.8 Å². The Bertz CT molecular complexity index is 930. The van der Waals surface area contributed by atoms with Gasteiger partial charge in [0.15, 0.2) is 0 Å². The first kappa shape index (κ1) is 21.2. The second-order valence-electron chi connectivity index (χ2n) is 6.73. The molecule has 1 amide bonds. The van der Waals surface area contributed by atoms with Crippen LogP contribution in [0.2, 0.25) is 0 Å². The van der Waals surface area contributed by atoms with Crippen molar-refractivity contribution >= 4 is 34.0 Å². The number of hydrogen-bond acceptors (Lipinski definition) is 4. The van der Waals surface area contributed by atoms with Crippen LogP contribution in [0, 0.1) is 13.8 Å². The molecule has 2 aromatic rings. The second kappa shape index (κ2) is 8.29. The van der Waals surface area contributed by atoms with Gasteiger partial charge in [-0.1, -0.05) is 6.07 Å². The molecule has 0 saturated carbocycles. The molecule has 27 heavy (non-hydrogen) atoms. The highest BCUT2D eigenvalue weighted by Crippen LogP contribution is 2.20. The SMILES string of the molecule is Cc1ccc(NS(=O)(=O)c2ccc(C(=O)N3CC[C@@H](N)C3)cc2)cc1C.Cl. The van der Waals surface area contributed by atoms with Crippen LogP contribution < -0.4 is 10.5 Å². The Labute approximate surface area is 166 Å². The normalized spacial score (nSPS) is 16.7. The van der Waals surface area contributed by atoms with Gasteiger partial charge in [0.2, 0.25) is 0 Å². The summed E-state index contributed by atoms with van der Waals surface area (Å²) in [6.07, 6.45) is 0.790. The first-order chi connectivity index (χ1) is 12.3. The summed E-state index contributed by atoms with van der Waals surface area (Å²) in [5.41, 5.74) is 8.91. The van der Waals surface area contributed by atoms with E-state index in [4.69, 9.17) is 5.73 Å². The lowest BCUT2D eigenvalue weighted by molar-refractivity contribution is 0.0791. The van der Waals surface area contributed by atoms with E-state index in [9.17, 15) is 13.2 Å². The minimum Gasteiger partial charge on any atom is -0.337 e. The number of nitrogens with zero attached hydrogens (tertiary/aromatic N) is 1. The number of amides is 1. The monoisotopic (exact) mass is 409 g/mol. The summed E-state index contributed by atoms with van der Waals surface area (Å²) in [4.78, 5) is 14.2. The van der Waals surface area contributed by atoms with Crippen LogP contribution >= 0.6 is 12.4 Å². The topological polar surface area (TPSA) is 92.5 Å². The van der Waals surface area contributed by atoms with Crippen LogP contribution in [0.1, 0.15) is 27.9 Å². The van der Waals surface area contributed by atoms with Gasteiger partial charge < -0.3 is 10.6 Å². The molecule has 0 radical (unpaired) electrons. The summed E-state index contributed by atoms with van der Waals surface area (Å²) >= 11 is 0. The molecular weight excluding hydrogens is 386 g/mol. The number of nitrogens with one attached hydrogen (secondary N) is 1. The Hall–Kier alpha value is -2.09. The predicted molar refractivity (Wildman–Crippen MR) is 109 cm³/mol. The number of anilines is 1. The van der Waals surface area contributed by atoms with Crippen molar-refractivity contribution in [3.63, 3.8) is 0 Å². The van der Waals surface area contributed by atoms with Gasteiger partial charge in [-0.3, -0.25) is 9.52 Å². The molecule has 146 valence electrons. The van der Waals surface area contributed by atoms with E-state index >= 15 is 0 Å². The van der Waals surface area contributed by atoms with Gasteiger partial charge in [0.05, 0.1) is 4.90 Å². The molecule has 6 nitrogen and oxygen atoms in total. The lowest BCUT2D eigenvalue weighted by atomic mass is 10.1. The highest BCUT2D eigenvalue weighted by Gasteiger charge is 2.25. The molecule has 1 aliphatic heterocycles. The summed E-state index contributed by atoms with van der Waals surface area (Å²) in [5.74, 6) is -0.121. The smallest absolute Gasteiger partial charge is 0.261 e. The van der Waals surface area contributed by atoms with Crippen molar-refractivity contribution in [1.82, 2.24) is 4.90 Å². The van der Waals surface area contributed by atoms with Crippen LogP contribution in [0.25, 0.3) is 0 Å². The van der Waals surface area contributed by atoms with E-state index in [0.717, 1.165) is 17.5 Å². The third-order valence-electron chi connectivity index (χ3n) is 4.68. The lowest BCUT2D eigenvalue weighted by Crippen LogP contribution is -2.31. The molecule has 0 bridgehead atoms. The number of hydrogen-bond donors (Lipinski definition) is 2. The van der Waals surface area contributed by atoms with Crippen molar-refractivity contribution < 1.29 is 13.2 Å². The largest absolute Gasteiger partial charge is 0.337 e. The molecule has 3 N–H and O–H groups in total. The van der Waals surface area contributed by atoms with Crippen molar-refractivity contribution in [1.29, 1.82) is 0 Å². The van der Waals surface area contributed by atoms with Crippen molar-refractivity contribution in [2.45, 2.75) is 31.2 Å². The molecular formula is C19H24ClN3O3S. The summed E-state index contributed by atoms with van der Waals surface area (Å²) in [5, 5.41) is 0. The van der Waals surface area contributed by atoms with E-state index in [0.29, 0.717) is 24.3 Å².